The Morgan fingerprint density at radius 1 is 1.10 bits per heavy atom. The van der Waals surface area contributed by atoms with Crippen LogP contribution in [0.5, 0.6) is 0 Å². The number of anilines is 1. The molecule has 2 aliphatic rings. The average Bonchev–Trinajstić information content (AvgIpc) is 2.83. The van der Waals surface area contributed by atoms with Crippen molar-refractivity contribution in [3.8, 4) is 11.4 Å². The molecule has 4 rings (SSSR count). The molecule has 2 fully saturated rings. The van der Waals surface area contributed by atoms with Crippen LogP contribution in [0.15, 0.2) is 42.6 Å². The van der Waals surface area contributed by atoms with E-state index in [1.807, 2.05) is 42.6 Å². The van der Waals surface area contributed by atoms with Crippen molar-refractivity contribution in [2.24, 2.45) is 11.8 Å². The lowest BCUT2D eigenvalue weighted by Gasteiger charge is -2.33. The van der Waals surface area contributed by atoms with Crippen LogP contribution in [-0.4, -0.2) is 60.0 Å². The van der Waals surface area contributed by atoms with Crippen molar-refractivity contribution in [3.63, 3.8) is 0 Å². The summed E-state index contributed by atoms with van der Waals surface area (Å²) in [6, 6.07) is 12.0. The second-order valence-electron chi connectivity index (χ2n) is 9.06. The Morgan fingerprint density at radius 3 is 2.71 bits per heavy atom. The van der Waals surface area contributed by atoms with E-state index in [1.165, 1.54) is 25.9 Å². The molecular weight excluding hydrogens is 386 g/mol. The minimum atomic E-state index is 0.0275. The van der Waals surface area contributed by atoms with Gasteiger partial charge in [-0.1, -0.05) is 37.3 Å². The predicted octanol–water partition coefficient (Wildman–Crippen LogP) is 3.60. The molecular formula is C25H35N5O. The molecule has 31 heavy (non-hydrogen) atoms. The summed E-state index contributed by atoms with van der Waals surface area (Å²) in [6.45, 7) is 8.27. The maximum atomic E-state index is 12.8. The number of rotatable bonds is 7. The Morgan fingerprint density at radius 2 is 1.90 bits per heavy atom. The highest BCUT2D eigenvalue weighted by atomic mass is 16.1. The van der Waals surface area contributed by atoms with Gasteiger partial charge in [0.05, 0.1) is 5.92 Å². The first-order chi connectivity index (χ1) is 15.2. The monoisotopic (exact) mass is 421 g/mol. The van der Waals surface area contributed by atoms with Gasteiger partial charge in [-0.3, -0.25) is 4.79 Å². The molecule has 0 spiro atoms. The fraction of sp³-hybridized carbons (Fsp3) is 0.560. The fourth-order valence-electron chi connectivity index (χ4n) is 4.60. The largest absolute Gasteiger partial charge is 0.356 e. The highest BCUT2D eigenvalue weighted by molar-refractivity contribution is 5.79. The third-order valence-electron chi connectivity index (χ3n) is 6.62. The van der Waals surface area contributed by atoms with Crippen LogP contribution in [0, 0.1) is 11.8 Å². The van der Waals surface area contributed by atoms with Crippen LogP contribution < -0.4 is 10.2 Å². The zero-order valence-electron chi connectivity index (χ0n) is 18.7. The molecule has 0 saturated carbocycles. The molecule has 0 radical (unpaired) electrons. The van der Waals surface area contributed by atoms with Crippen LogP contribution in [0.2, 0.25) is 0 Å². The molecule has 1 aromatic heterocycles. The SMILES string of the molecule is CC1CCN(CCCNC(=O)C2CCCN(c3ccnc(-c4ccccc4)n3)C2)CC1. The van der Waals surface area contributed by atoms with Crippen LogP contribution in [0.25, 0.3) is 11.4 Å². The molecule has 1 aromatic carbocycles. The molecule has 166 valence electrons. The van der Waals surface area contributed by atoms with Crippen LogP contribution in [-0.2, 0) is 4.79 Å². The minimum Gasteiger partial charge on any atom is -0.356 e. The van der Waals surface area contributed by atoms with Crippen molar-refractivity contribution < 1.29 is 4.79 Å². The lowest BCUT2D eigenvalue weighted by Crippen LogP contribution is -2.44. The molecule has 1 amide bonds. The molecule has 1 unspecified atom stereocenters. The highest BCUT2D eigenvalue weighted by Crippen LogP contribution is 2.24. The van der Waals surface area contributed by atoms with Gasteiger partial charge in [-0.05, 0) is 63.7 Å². The van der Waals surface area contributed by atoms with Gasteiger partial charge < -0.3 is 15.1 Å². The molecule has 6 heteroatoms. The van der Waals surface area contributed by atoms with Crippen LogP contribution in [0.3, 0.4) is 0 Å². The lowest BCUT2D eigenvalue weighted by atomic mass is 9.97. The number of likely N-dealkylation sites (tertiary alicyclic amines) is 1. The quantitative estimate of drug-likeness (QED) is 0.692. The second kappa shape index (κ2) is 10.7. The van der Waals surface area contributed by atoms with E-state index in [0.29, 0.717) is 0 Å². The van der Waals surface area contributed by atoms with Crippen LogP contribution >= 0.6 is 0 Å². The number of aromatic nitrogens is 2. The van der Waals surface area contributed by atoms with E-state index >= 15 is 0 Å². The standard InChI is InChI=1S/C25H35N5O/c1-20-11-17-29(18-12-20)15-6-13-27-25(31)22-9-5-16-30(19-22)23-10-14-26-24(28-23)21-7-3-2-4-8-21/h2-4,7-8,10,14,20,22H,5-6,9,11-13,15-19H2,1H3,(H,27,31). The summed E-state index contributed by atoms with van der Waals surface area (Å²) in [5.41, 5.74) is 1.01. The van der Waals surface area contributed by atoms with E-state index in [0.717, 1.165) is 68.6 Å². The topological polar surface area (TPSA) is 61.4 Å². The molecule has 6 nitrogen and oxygen atoms in total. The van der Waals surface area contributed by atoms with E-state index in [-0.39, 0.29) is 11.8 Å². The number of carbonyl (C=O) groups excluding carboxylic acids is 1. The number of carbonyl (C=O) groups is 1. The Kier molecular flexibility index (Phi) is 7.52. The van der Waals surface area contributed by atoms with Crippen LogP contribution in [0.4, 0.5) is 5.82 Å². The van der Waals surface area contributed by atoms with E-state index in [1.54, 1.807) is 0 Å². The lowest BCUT2D eigenvalue weighted by molar-refractivity contribution is -0.125. The smallest absolute Gasteiger partial charge is 0.224 e. The number of benzene rings is 1. The van der Waals surface area contributed by atoms with Gasteiger partial charge in [0.2, 0.25) is 5.91 Å². The van der Waals surface area contributed by atoms with Gasteiger partial charge in [0.1, 0.15) is 5.82 Å². The number of amides is 1. The Hall–Kier alpha value is -2.47. The number of nitrogens with zero attached hydrogens (tertiary/aromatic N) is 4. The molecule has 0 bridgehead atoms. The maximum Gasteiger partial charge on any atom is 0.224 e. The van der Waals surface area contributed by atoms with Gasteiger partial charge in [-0.15, -0.1) is 0 Å². The Balaban J connectivity index is 1.26. The van der Waals surface area contributed by atoms with Crippen molar-refractivity contribution in [3.05, 3.63) is 42.6 Å². The number of hydrogen-bond acceptors (Lipinski definition) is 5. The van der Waals surface area contributed by atoms with Gasteiger partial charge >= 0.3 is 0 Å². The molecule has 3 heterocycles. The Labute approximate surface area is 186 Å². The maximum absolute atomic E-state index is 12.8. The van der Waals surface area contributed by atoms with Crippen molar-refractivity contribution in [2.75, 3.05) is 44.2 Å². The van der Waals surface area contributed by atoms with Gasteiger partial charge in [-0.2, -0.15) is 0 Å². The highest BCUT2D eigenvalue weighted by Gasteiger charge is 2.26. The fourth-order valence-corrected chi connectivity index (χ4v) is 4.60. The van der Waals surface area contributed by atoms with Crippen LogP contribution in [0.1, 0.15) is 39.0 Å². The Bertz CT molecular complexity index is 835. The number of hydrogen-bond donors (Lipinski definition) is 1. The zero-order chi connectivity index (χ0) is 21.5. The second-order valence-corrected chi connectivity index (χ2v) is 9.06. The molecule has 2 aliphatic heterocycles. The number of piperidine rings is 2. The molecule has 1 N–H and O–H groups in total. The van der Waals surface area contributed by atoms with Gasteiger partial charge in [-0.25, -0.2) is 9.97 Å². The predicted molar refractivity (Wildman–Crippen MR) is 125 cm³/mol. The van der Waals surface area contributed by atoms with Gasteiger partial charge in [0, 0.05) is 31.4 Å². The minimum absolute atomic E-state index is 0.0275. The average molecular weight is 422 g/mol. The summed E-state index contributed by atoms with van der Waals surface area (Å²) in [5, 5.41) is 3.18. The molecule has 2 saturated heterocycles. The van der Waals surface area contributed by atoms with Crippen molar-refractivity contribution in [1.29, 1.82) is 0 Å². The summed E-state index contributed by atoms with van der Waals surface area (Å²) in [6.07, 6.45) is 7.41. The van der Waals surface area contributed by atoms with E-state index in [9.17, 15) is 4.79 Å². The first kappa shape index (κ1) is 21.8. The third-order valence-corrected chi connectivity index (χ3v) is 6.62. The summed E-state index contributed by atoms with van der Waals surface area (Å²) < 4.78 is 0. The summed E-state index contributed by atoms with van der Waals surface area (Å²) in [7, 11) is 0. The molecule has 1 atom stereocenters. The molecule has 2 aromatic rings. The van der Waals surface area contributed by atoms with Crippen molar-refractivity contribution in [1.82, 2.24) is 20.2 Å². The van der Waals surface area contributed by atoms with Gasteiger partial charge in [0.25, 0.3) is 0 Å². The van der Waals surface area contributed by atoms with E-state index in [4.69, 9.17) is 4.98 Å². The zero-order valence-corrected chi connectivity index (χ0v) is 18.7. The van der Waals surface area contributed by atoms with Crippen molar-refractivity contribution >= 4 is 11.7 Å². The molecule has 0 aliphatic carbocycles. The first-order valence-electron chi connectivity index (χ1n) is 11.8. The normalized spacial score (nSPS) is 20.5. The summed E-state index contributed by atoms with van der Waals surface area (Å²) in [4.78, 5) is 26.7. The van der Waals surface area contributed by atoms with Crippen molar-refractivity contribution in [2.45, 2.75) is 39.0 Å². The first-order valence-corrected chi connectivity index (χ1v) is 11.8. The third kappa shape index (κ3) is 6.03. The van der Waals surface area contributed by atoms with E-state index < -0.39 is 0 Å². The number of nitrogens with one attached hydrogen (secondary N) is 1. The van der Waals surface area contributed by atoms with Gasteiger partial charge in [0.15, 0.2) is 5.82 Å². The van der Waals surface area contributed by atoms with E-state index in [2.05, 4.69) is 27.0 Å². The summed E-state index contributed by atoms with van der Waals surface area (Å²) in [5.74, 6) is 2.72. The summed E-state index contributed by atoms with van der Waals surface area (Å²) >= 11 is 0.